The molecule has 0 saturated carbocycles. The molecule has 4 heteroatoms. The van der Waals surface area contributed by atoms with E-state index in [1.807, 2.05) is 12.2 Å². The Labute approximate surface area is 108 Å². The molecule has 17 heavy (non-hydrogen) atoms. The zero-order valence-corrected chi connectivity index (χ0v) is 10.8. The molecule has 1 heterocycles. The van der Waals surface area contributed by atoms with Crippen LogP contribution in [0.25, 0.3) is 0 Å². The maximum Gasteiger partial charge on any atom is 0.261 e. The van der Waals surface area contributed by atoms with Crippen LogP contribution in [0.2, 0.25) is 0 Å². The van der Waals surface area contributed by atoms with Gasteiger partial charge >= 0.3 is 0 Å². The fraction of sp³-hybridized carbons (Fsp3) is 0.231. The highest BCUT2D eigenvalue weighted by atomic mass is 79.9. The number of halogens is 1. The van der Waals surface area contributed by atoms with E-state index >= 15 is 0 Å². The van der Waals surface area contributed by atoms with Crippen LogP contribution in [0.1, 0.15) is 27.1 Å². The Balaban J connectivity index is 2.13. The van der Waals surface area contributed by atoms with E-state index in [4.69, 9.17) is 0 Å². The molecule has 0 atom stereocenters. The van der Waals surface area contributed by atoms with Crippen molar-refractivity contribution in [2.45, 2.75) is 6.42 Å². The summed E-state index contributed by atoms with van der Waals surface area (Å²) >= 11 is 3.31. The molecule has 1 aromatic carbocycles. The monoisotopic (exact) mass is 293 g/mol. The van der Waals surface area contributed by atoms with Crippen molar-refractivity contribution >= 4 is 27.7 Å². The van der Waals surface area contributed by atoms with Crippen LogP contribution < -0.4 is 0 Å². The van der Waals surface area contributed by atoms with Crippen molar-refractivity contribution < 1.29 is 9.59 Å². The molecule has 0 fully saturated rings. The Morgan fingerprint density at radius 1 is 1.06 bits per heavy atom. The molecule has 0 aromatic heterocycles. The number of nitrogens with zero attached hydrogens (tertiary/aromatic N) is 1. The Hall–Kier alpha value is -1.42. The number of rotatable bonds is 4. The number of hydrogen-bond donors (Lipinski definition) is 0. The van der Waals surface area contributed by atoms with Crippen LogP contribution >= 0.6 is 15.9 Å². The summed E-state index contributed by atoms with van der Waals surface area (Å²) in [5.74, 6) is -0.400. The lowest BCUT2D eigenvalue weighted by molar-refractivity contribution is 0.0672. The second-order valence-corrected chi connectivity index (χ2v) is 4.51. The SMILES string of the molecule is O=C1c2ccccc2C(=O)N1CC=CCCBr. The highest BCUT2D eigenvalue weighted by Crippen LogP contribution is 2.21. The third-order valence-electron chi connectivity index (χ3n) is 2.61. The van der Waals surface area contributed by atoms with Crippen LogP contribution in [0, 0.1) is 0 Å². The first-order valence-electron chi connectivity index (χ1n) is 5.42. The van der Waals surface area contributed by atoms with E-state index in [-0.39, 0.29) is 11.8 Å². The smallest absolute Gasteiger partial charge is 0.261 e. The molecule has 0 unspecified atom stereocenters. The van der Waals surface area contributed by atoms with E-state index in [0.717, 1.165) is 11.8 Å². The lowest BCUT2D eigenvalue weighted by Gasteiger charge is -2.10. The van der Waals surface area contributed by atoms with Crippen LogP contribution in [0.5, 0.6) is 0 Å². The standard InChI is InChI=1S/C13H12BrNO2/c14-8-4-1-5-9-15-12(16)10-6-2-3-7-11(10)13(15)17/h1-3,5-7H,4,8-9H2. The Kier molecular flexibility index (Phi) is 3.74. The molecule has 0 bridgehead atoms. The maximum absolute atomic E-state index is 11.9. The molecule has 2 rings (SSSR count). The van der Waals surface area contributed by atoms with Crippen LogP contribution in [0.15, 0.2) is 36.4 Å². The molecule has 0 radical (unpaired) electrons. The highest BCUT2D eigenvalue weighted by Gasteiger charge is 2.33. The lowest BCUT2D eigenvalue weighted by Crippen LogP contribution is -2.29. The molecule has 0 N–H and O–H groups in total. The molecule has 0 aliphatic carbocycles. The van der Waals surface area contributed by atoms with Crippen molar-refractivity contribution in [2.24, 2.45) is 0 Å². The fourth-order valence-corrected chi connectivity index (χ4v) is 2.03. The van der Waals surface area contributed by atoms with Gasteiger partial charge in [-0.25, -0.2) is 0 Å². The average Bonchev–Trinajstić information content (AvgIpc) is 2.60. The van der Waals surface area contributed by atoms with Gasteiger partial charge in [0.1, 0.15) is 0 Å². The lowest BCUT2D eigenvalue weighted by atomic mass is 10.1. The van der Waals surface area contributed by atoms with Gasteiger partial charge in [0.15, 0.2) is 0 Å². The van der Waals surface area contributed by atoms with E-state index in [0.29, 0.717) is 17.7 Å². The number of carbonyl (C=O) groups is 2. The summed E-state index contributed by atoms with van der Waals surface area (Å²) < 4.78 is 0. The first kappa shape index (κ1) is 12.0. The van der Waals surface area contributed by atoms with Crippen molar-refractivity contribution in [1.29, 1.82) is 0 Å². The van der Waals surface area contributed by atoms with Crippen molar-refractivity contribution in [3.8, 4) is 0 Å². The predicted octanol–water partition coefficient (Wildman–Crippen LogP) is 2.62. The van der Waals surface area contributed by atoms with Crippen LogP contribution in [0.3, 0.4) is 0 Å². The molecule has 1 aliphatic heterocycles. The van der Waals surface area contributed by atoms with Gasteiger partial charge in [-0.05, 0) is 18.6 Å². The van der Waals surface area contributed by atoms with E-state index in [2.05, 4.69) is 15.9 Å². The maximum atomic E-state index is 11.9. The first-order valence-corrected chi connectivity index (χ1v) is 6.54. The Bertz CT molecular complexity index is 447. The second-order valence-electron chi connectivity index (χ2n) is 3.72. The van der Waals surface area contributed by atoms with Crippen molar-refractivity contribution in [2.75, 3.05) is 11.9 Å². The van der Waals surface area contributed by atoms with E-state index in [1.54, 1.807) is 24.3 Å². The van der Waals surface area contributed by atoms with E-state index < -0.39 is 0 Å². The minimum atomic E-state index is -0.200. The van der Waals surface area contributed by atoms with E-state index in [1.165, 1.54) is 4.90 Å². The number of carbonyl (C=O) groups excluding carboxylic acids is 2. The molecule has 0 spiro atoms. The van der Waals surface area contributed by atoms with Gasteiger partial charge < -0.3 is 0 Å². The third-order valence-corrected chi connectivity index (χ3v) is 3.07. The Morgan fingerprint density at radius 3 is 2.18 bits per heavy atom. The molecular weight excluding hydrogens is 282 g/mol. The molecular formula is C13H12BrNO2. The number of amides is 2. The second kappa shape index (κ2) is 5.27. The number of allylic oxidation sites excluding steroid dienone is 1. The van der Waals surface area contributed by atoms with Gasteiger partial charge in [-0.2, -0.15) is 0 Å². The van der Waals surface area contributed by atoms with Gasteiger partial charge in [0, 0.05) is 11.9 Å². The number of benzene rings is 1. The minimum Gasteiger partial charge on any atom is -0.270 e. The molecule has 88 valence electrons. The number of hydrogen-bond acceptors (Lipinski definition) is 2. The zero-order chi connectivity index (χ0) is 12.3. The summed E-state index contributed by atoms with van der Waals surface area (Å²) in [4.78, 5) is 25.1. The van der Waals surface area contributed by atoms with Crippen molar-refractivity contribution in [1.82, 2.24) is 4.90 Å². The van der Waals surface area contributed by atoms with Crippen LogP contribution in [0.4, 0.5) is 0 Å². The molecule has 3 nitrogen and oxygen atoms in total. The van der Waals surface area contributed by atoms with Crippen LogP contribution in [-0.4, -0.2) is 28.6 Å². The number of fused-ring (bicyclic) bond motifs is 1. The normalized spacial score (nSPS) is 14.8. The van der Waals surface area contributed by atoms with Gasteiger partial charge in [-0.15, -0.1) is 0 Å². The predicted molar refractivity (Wildman–Crippen MR) is 69.4 cm³/mol. The summed E-state index contributed by atoms with van der Waals surface area (Å²) in [5, 5.41) is 0.881. The summed E-state index contributed by atoms with van der Waals surface area (Å²) in [6, 6.07) is 6.93. The highest BCUT2D eigenvalue weighted by molar-refractivity contribution is 9.09. The summed E-state index contributed by atoms with van der Waals surface area (Å²) in [6.07, 6.45) is 4.70. The summed E-state index contributed by atoms with van der Waals surface area (Å²) in [7, 11) is 0. The fourth-order valence-electron chi connectivity index (χ4n) is 1.77. The topological polar surface area (TPSA) is 37.4 Å². The van der Waals surface area contributed by atoms with Crippen molar-refractivity contribution in [3.63, 3.8) is 0 Å². The number of alkyl halides is 1. The molecule has 1 aromatic rings. The molecule has 0 saturated heterocycles. The van der Waals surface area contributed by atoms with Crippen molar-refractivity contribution in [3.05, 3.63) is 47.5 Å². The first-order chi connectivity index (χ1) is 8.25. The average molecular weight is 294 g/mol. The van der Waals surface area contributed by atoms with Gasteiger partial charge in [-0.3, -0.25) is 14.5 Å². The minimum absolute atomic E-state index is 0.200. The van der Waals surface area contributed by atoms with Gasteiger partial charge in [0.25, 0.3) is 11.8 Å². The van der Waals surface area contributed by atoms with Gasteiger partial charge in [0.2, 0.25) is 0 Å². The van der Waals surface area contributed by atoms with E-state index in [9.17, 15) is 9.59 Å². The quantitative estimate of drug-likeness (QED) is 0.486. The van der Waals surface area contributed by atoms with Gasteiger partial charge in [-0.1, -0.05) is 40.2 Å². The van der Waals surface area contributed by atoms with Crippen LogP contribution in [-0.2, 0) is 0 Å². The molecule has 1 aliphatic rings. The largest absolute Gasteiger partial charge is 0.270 e. The third kappa shape index (κ3) is 2.31. The summed E-state index contributed by atoms with van der Waals surface area (Å²) in [6.45, 7) is 0.347. The summed E-state index contributed by atoms with van der Waals surface area (Å²) in [5.41, 5.74) is 1.01. The zero-order valence-electron chi connectivity index (χ0n) is 9.23. The molecule has 2 amide bonds. The number of imide groups is 1. The van der Waals surface area contributed by atoms with Gasteiger partial charge in [0.05, 0.1) is 11.1 Å². The Morgan fingerprint density at radius 2 is 1.65 bits per heavy atom.